The van der Waals surface area contributed by atoms with Crippen LogP contribution in [0.2, 0.25) is 0 Å². The Balaban J connectivity index is 1.61. The fraction of sp³-hybridized carbons (Fsp3) is 0.136. The van der Waals surface area contributed by atoms with Gasteiger partial charge in [0.05, 0.1) is 17.3 Å². The molecule has 34 heavy (non-hydrogen) atoms. The van der Waals surface area contributed by atoms with Crippen molar-refractivity contribution in [3.63, 3.8) is 0 Å². The van der Waals surface area contributed by atoms with Crippen molar-refractivity contribution >= 4 is 44.4 Å². The van der Waals surface area contributed by atoms with Gasteiger partial charge in [-0.1, -0.05) is 36.4 Å². The van der Waals surface area contributed by atoms with E-state index in [1.165, 1.54) is 12.1 Å². The molecule has 1 heterocycles. The number of hydrogen-bond acceptors (Lipinski definition) is 6. The molecule has 1 aromatic heterocycles. The third kappa shape index (κ3) is 5.41. The highest BCUT2D eigenvalue weighted by atomic mass is 32.2. The second-order valence-electron chi connectivity index (χ2n) is 7.32. The Kier molecular flexibility index (Phi) is 6.64. The topological polar surface area (TPSA) is 101 Å². The quantitative estimate of drug-likeness (QED) is 0.391. The van der Waals surface area contributed by atoms with Crippen LogP contribution in [0.5, 0.6) is 0 Å². The number of fused-ring (bicyclic) bond motifs is 1. The van der Waals surface area contributed by atoms with Crippen molar-refractivity contribution in [1.82, 2.24) is 13.5 Å². The maximum Gasteiger partial charge on any atom is 0.416 e. The summed E-state index contributed by atoms with van der Waals surface area (Å²) in [4.78, 5) is 12.9. The monoisotopic (exact) mass is 506 g/mol. The molecule has 7 nitrogen and oxygen atoms in total. The highest BCUT2D eigenvalue weighted by Crippen LogP contribution is 2.30. The van der Waals surface area contributed by atoms with Gasteiger partial charge in [-0.15, -0.1) is 0 Å². The molecule has 0 spiro atoms. The van der Waals surface area contributed by atoms with E-state index in [9.17, 15) is 26.4 Å². The number of hydrogen-bond donors (Lipinski definition) is 2. The molecule has 0 aliphatic rings. The molecule has 0 fully saturated rings. The number of sulfonamides is 1. The van der Waals surface area contributed by atoms with Crippen molar-refractivity contribution in [2.45, 2.75) is 23.5 Å². The Bertz CT molecular complexity index is 1410. The Morgan fingerprint density at radius 3 is 2.32 bits per heavy atom. The average molecular weight is 507 g/mol. The molecule has 0 radical (unpaired) electrons. The van der Waals surface area contributed by atoms with Crippen molar-refractivity contribution in [2.24, 2.45) is 0 Å². The van der Waals surface area contributed by atoms with Crippen molar-refractivity contribution in [3.8, 4) is 0 Å². The highest BCUT2D eigenvalue weighted by molar-refractivity contribution is 7.89. The molecule has 1 amide bonds. The molecule has 0 saturated heterocycles. The summed E-state index contributed by atoms with van der Waals surface area (Å²) >= 11 is 0.864. The molecule has 12 heteroatoms. The van der Waals surface area contributed by atoms with Crippen LogP contribution in [0.3, 0.4) is 0 Å². The number of alkyl halides is 3. The summed E-state index contributed by atoms with van der Waals surface area (Å²) in [5, 5.41) is 2.49. The average Bonchev–Trinajstić information content (AvgIpc) is 3.28. The standard InChI is InChI=1S/C22H17F3N4O3S2/c23-22(24,25)15-9-11-16(12-10-15)26-21(30)18(13-14-5-2-1-3-6-14)29-34(31,32)19-8-4-7-17-20(19)28-33-27-17/h1-12,18,29H,13H2,(H,26,30)/t18-/m0/s1. The van der Waals surface area contributed by atoms with E-state index in [-0.39, 0.29) is 22.5 Å². The molecule has 4 aromatic rings. The van der Waals surface area contributed by atoms with E-state index in [0.717, 1.165) is 36.0 Å². The van der Waals surface area contributed by atoms with Gasteiger partial charge in [0.25, 0.3) is 0 Å². The van der Waals surface area contributed by atoms with Crippen LogP contribution in [0.1, 0.15) is 11.1 Å². The third-order valence-corrected chi connectivity index (χ3v) is 6.96. The lowest BCUT2D eigenvalue weighted by atomic mass is 10.1. The number of rotatable bonds is 7. The lowest BCUT2D eigenvalue weighted by molar-refractivity contribution is -0.137. The smallest absolute Gasteiger partial charge is 0.325 e. The molecule has 0 saturated carbocycles. The van der Waals surface area contributed by atoms with Gasteiger partial charge >= 0.3 is 6.18 Å². The fourth-order valence-corrected chi connectivity index (χ4v) is 5.22. The summed E-state index contributed by atoms with van der Waals surface area (Å²) < 4.78 is 75.3. The zero-order valence-electron chi connectivity index (χ0n) is 17.3. The molecule has 176 valence electrons. The van der Waals surface area contributed by atoms with E-state index in [4.69, 9.17) is 0 Å². The van der Waals surface area contributed by atoms with Crippen LogP contribution >= 0.6 is 11.7 Å². The predicted molar refractivity (Wildman–Crippen MR) is 122 cm³/mol. The van der Waals surface area contributed by atoms with Crippen molar-refractivity contribution in [2.75, 3.05) is 5.32 Å². The van der Waals surface area contributed by atoms with E-state index in [2.05, 4.69) is 18.8 Å². The number of benzene rings is 3. The number of halogens is 3. The Morgan fingerprint density at radius 2 is 1.65 bits per heavy atom. The third-order valence-electron chi connectivity index (χ3n) is 4.91. The van der Waals surface area contributed by atoms with Gasteiger partial charge in [0.2, 0.25) is 15.9 Å². The predicted octanol–water partition coefficient (Wildman–Crippen LogP) is 4.24. The first-order chi connectivity index (χ1) is 16.1. The first-order valence-electron chi connectivity index (χ1n) is 9.89. The number of anilines is 1. The lowest BCUT2D eigenvalue weighted by Gasteiger charge is -2.19. The summed E-state index contributed by atoms with van der Waals surface area (Å²) in [6.45, 7) is 0. The van der Waals surface area contributed by atoms with E-state index < -0.39 is 33.7 Å². The number of aromatic nitrogens is 2. The number of carbonyl (C=O) groups excluding carboxylic acids is 1. The molecule has 3 aromatic carbocycles. The second kappa shape index (κ2) is 9.49. The van der Waals surface area contributed by atoms with Crippen LogP contribution in [-0.2, 0) is 27.4 Å². The maximum absolute atomic E-state index is 13.2. The van der Waals surface area contributed by atoms with Gasteiger partial charge in [-0.3, -0.25) is 4.79 Å². The van der Waals surface area contributed by atoms with Crippen LogP contribution in [0.25, 0.3) is 11.0 Å². The summed E-state index contributed by atoms with van der Waals surface area (Å²) in [5.41, 5.74) is 0.507. The molecule has 4 rings (SSSR count). The Hall–Kier alpha value is -3.35. The number of carbonyl (C=O) groups is 1. The number of nitrogens with zero attached hydrogens (tertiary/aromatic N) is 2. The molecular weight excluding hydrogens is 489 g/mol. The molecule has 0 aliphatic heterocycles. The minimum atomic E-state index is -4.51. The minimum absolute atomic E-state index is 0.0117. The van der Waals surface area contributed by atoms with Crippen molar-refractivity contribution < 1.29 is 26.4 Å². The molecule has 2 N–H and O–H groups in total. The number of nitrogens with one attached hydrogen (secondary N) is 2. The zero-order chi connectivity index (χ0) is 24.3. The van der Waals surface area contributed by atoms with E-state index in [0.29, 0.717) is 11.1 Å². The second-order valence-corrected chi connectivity index (χ2v) is 9.53. The van der Waals surface area contributed by atoms with Gasteiger partial charge in [0.15, 0.2) is 0 Å². The van der Waals surface area contributed by atoms with Crippen LogP contribution < -0.4 is 10.0 Å². The molecule has 0 aliphatic carbocycles. The van der Waals surface area contributed by atoms with Crippen LogP contribution in [-0.4, -0.2) is 29.1 Å². The molecule has 1 atom stereocenters. The van der Waals surface area contributed by atoms with Gasteiger partial charge in [-0.25, -0.2) is 8.42 Å². The van der Waals surface area contributed by atoms with Crippen molar-refractivity contribution in [3.05, 3.63) is 83.9 Å². The van der Waals surface area contributed by atoms with Crippen molar-refractivity contribution in [1.29, 1.82) is 0 Å². The summed E-state index contributed by atoms with van der Waals surface area (Å²) in [5.74, 6) is -0.726. The molecular formula is C22H17F3N4O3S2. The molecule has 0 bridgehead atoms. The number of amides is 1. The Morgan fingerprint density at radius 1 is 0.941 bits per heavy atom. The largest absolute Gasteiger partial charge is 0.416 e. The normalized spacial score (nSPS) is 13.0. The van der Waals surface area contributed by atoms with Gasteiger partial charge in [0.1, 0.15) is 22.0 Å². The highest BCUT2D eigenvalue weighted by Gasteiger charge is 2.31. The van der Waals surface area contributed by atoms with Crippen LogP contribution in [0.4, 0.5) is 18.9 Å². The zero-order valence-corrected chi connectivity index (χ0v) is 18.9. The summed E-state index contributed by atoms with van der Waals surface area (Å²) in [7, 11) is -4.19. The van der Waals surface area contributed by atoms with Gasteiger partial charge < -0.3 is 5.32 Å². The minimum Gasteiger partial charge on any atom is -0.325 e. The Labute approximate surface area is 197 Å². The maximum atomic E-state index is 13.2. The van der Waals surface area contributed by atoms with Crippen LogP contribution in [0, 0.1) is 0 Å². The van der Waals surface area contributed by atoms with Gasteiger partial charge in [0, 0.05) is 5.69 Å². The molecule has 0 unspecified atom stereocenters. The first kappa shape index (κ1) is 23.8. The van der Waals surface area contributed by atoms with E-state index >= 15 is 0 Å². The van der Waals surface area contributed by atoms with E-state index in [1.807, 2.05) is 0 Å². The lowest BCUT2D eigenvalue weighted by Crippen LogP contribution is -2.45. The van der Waals surface area contributed by atoms with E-state index in [1.54, 1.807) is 36.4 Å². The van der Waals surface area contributed by atoms with Gasteiger partial charge in [-0.05, 0) is 48.4 Å². The fourth-order valence-electron chi connectivity index (χ4n) is 3.26. The van der Waals surface area contributed by atoms with Gasteiger partial charge in [-0.2, -0.15) is 26.6 Å². The summed E-state index contributed by atoms with van der Waals surface area (Å²) in [6.07, 6.45) is -4.50. The summed E-state index contributed by atoms with van der Waals surface area (Å²) in [6, 6.07) is 15.9. The first-order valence-corrected chi connectivity index (χ1v) is 12.1. The van der Waals surface area contributed by atoms with Crippen LogP contribution in [0.15, 0.2) is 77.7 Å². The SMILES string of the molecule is O=C(Nc1ccc(C(F)(F)F)cc1)[C@H](Cc1ccccc1)NS(=O)(=O)c1cccc2nsnc12.